The van der Waals surface area contributed by atoms with Crippen molar-refractivity contribution in [3.05, 3.63) is 24.3 Å². The summed E-state index contributed by atoms with van der Waals surface area (Å²) < 4.78 is 5.90. The normalized spacial score (nSPS) is 16.7. The molecule has 1 aliphatic carbocycles. The molecule has 4 nitrogen and oxygen atoms in total. The molecular weight excluding hydrogens is 284 g/mol. The van der Waals surface area contributed by atoms with Gasteiger partial charge in [-0.25, -0.2) is 0 Å². The van der Waals surface area contributed by atoms with Crippen LogP contribution in [0.3, 0.4) is 0 Å². The van der Waals surface area contributed by atoms with Crippen molar-refractivity contribution in [2.45, 2.75) is 44.2 Å². The third-order valence-electron chi connectivity index (χ3n) is 3.70. The summed E-state index contributed by atoms with van der Waals surface area (Å²) in [6, 6.07) is 7.09. The van der Waals surface area contributed by atoms with E-state index in [2.05, 4.69) is 5.32 Å². The lowest BCUT2D eigenvalue weighted by Gasteiger charge is -2.14. The topological polar surface area (TPSA) is 64.4 Å². The van der Waals surface area contributed by atoms with Crippen molar-refractivity contribution in [3.8, 4) is 5.75 Å². The molecule has 1 aromatic carbocycles. The lowest BCUT2D eigenvalue weighted by Crippen LogP contribution is -2.36. The second-order valence-corrected chi connectivity index (χ2v) is 6.41. The quantitative estimate of drug-likeness (QED) is 0.812. The van der Waals surface area contributed by atoms with Crippen molar-refractivity contribution in [3.63, 3.8) is 0 Å². The molecule has 0 spiro atoms. The highest BCUT2D eigenvalue weighted by molar-refractivity contribution is 7.98. The van der Waals surface area contributed by atoms with Crippen molar-refractivity contribution >= 4 is 23.4 Å². The van der Waals surface area contributed by atoms with E-state index in [1.807, 2.05) is 30.5 Å². The van der Waals surface area contributed by atoms with Gasteiger partial charge in [0.25, 0.3) is 0 Å². The Morgan fingerprint density at radius 3 is 2.67 bits per heavy atom. The van der Waals surface area contributed by atoms with Crippen molar-refractivity contribution in [1.29, 1.82) is 0 Å². The standard InChI is InChI=1S/C16H24N2O2S/c1-21-11-10-15(17)16(19)18-12-6-8-14(9-7-12)20-13-4-2-3-5-13/h6-9,13,15H,2-5,10-11,17H2,1H3,(H,18,19)/t15-/m1/s1. The predicted octanol–water partition coefficient (Wildman–Crippen LogP) is 3.03. The predicted molar refractivity (Wildman–Crippen MR) is 88.9 cm³/mol. The minimum Gasteiger partial charge on any atom is -0.490 e. The van der Waals surface area contributed by atoms with Gasteiger partial charge in [0.2, 0.25) is 5.91 Å². The summed E-state index contributed by atoms with van der Waals surface area (Å²) in [4.78, 5) is 11.9. The average molecular weight is 308 g/mol. The first-order valence-electron chi connectivity index (χ1n) is 7.51. The molecule has 1 atom stereocenters. The van der Waals surface area contributed by atoms with Gasteiger partial charge in [-0.1, -0.05) is 0 Å². The van der Waals surface area contributed by atoms with Crippen molar-refractivity contribution in [2.24, 2.45) is 5.73 Å². The fourth-order valence-corrected chi connectivity index (χ4v) is 2.92. The van der Waals surface area contributed by atoms with Gasteiger partial charge in [0.05, 0.1) is 12.1 Å². The number of ether oxygens (including phenoxy) is 1. The fraction of sp³-hybridized carbons (Fsp3) is 0.562. The van der Waals surface area contributed by atoms with Gasteiger partial charge in [-0.3, -0.25) is 4.79 Å². The SMILES string of the molecule is CSCC[C@@H](N)C(=O)Nc1ccc(OC2CCCC2)cc1. The van der Waals surface area contributed by atoms with Gasteiger partial charge in [0.1, 0.15) is 5.75 Å². The number of nitrogens with one attached hydrogen (secondary N) is 1. The molecule has 0 bridgehead atoms. The van der Waals surface area contributed by atoms with Crippen LogP contribution in [-0.4, -0.2) is 30.1 Å². The maximum atomic E-state index is 11.9. The third-order valence-corrected chi connectivity index (χ3v) is 4.34. The zero-order valence-corrected chi connectivity index (χ0v) is 13.3. The zero-order valence-electron chi connectivity index (χ0n) is 12.5. The second kappa shape index (κ2) is 8.29. The number of carbonyl (C=O) groups excluding carboxylic acids is 1. The van der Waals surface area contributed by atoms with E-state index in [1.54, 1.807) is 11.8 Å². The Morgan fingerprint density at radius 2 is 2.05 bits per heavy atom. The number of carbonyl (C=O) groups is 1. The summed E-state index contributed by atoms with van der Waals surface area (Å²) in [7, 11) is 0. The Morgan fingerprint density at radius 1 is 1.38 bits per heavy atom. The maximum absolute atomic E-state index is 11.9. The summed E-state index contributed by atoms with van der Waals surface area (Å²) in [6.07, 6.45) is 7.85. The number of anilines is 1. The second-order valence-electron chi connectivity index (χ2n) is 5.43. The van der Waals surface area contributed by atoms with Crippen molar-refractivity contribution in [2.75, 3.05) is 17.3 Å². The molecule has 3 N–H and O–H groups in total. The van der Waals surface area contributed by atoms with Gasteiger partial charge in [0, 0.05) is 5.69 Å². The van der Waals surface area contributed by atoms with Gasteiger partial charge in [0.15, 0.2) is 0 Å². The van der Waals surface area contributed by atoms with Crippen LogP contribution < -0.4 is 15.8 Å². The molecule has 0 saturated heterocycles. The van der Waals surface area contributed by atoms with Crippen LogP contribution in [0.2, 0.25) is 0 Å². The van der Waals surface area contributed by atoms with E-state index in [-0.39, 0.29) is 5.91 Å². The molecule has 0 heterocycles. The van der Waals surface area contributed by atoms with Gasteiger partial charge in [-0.15, -0.1) is 0 Å². The monoisotopic (exact) mass is 308 g/mol. The number of hydrogen-bond donors (Lipinski definition) is 2. The van der Waals surface area contributed by atoms with Crippen LogP contribution in [0.1, 0.15) is 32.1 Å². The third kappa shape index (κ3) is 5.25. The Labute approximate surface area is 130 Å². The Hall–Kier alpha value is -1.20. The van der Waals surface area contributed by atoms with Crippen LogP contribution in [0.5, 0.6) is 5.75 Å². The van der Waals surface area contributed by atoms with Crippen LogP contribution in [-0.2, 0) is 4.79 Å². The van der Waals surface area contributed by atoms with Gasteiger partial charge in [-0.05, 0) is 68.4 Å². The minimum absolute atomic E-state index is 0.131. The molecule has 1 fully saturated rings. The molecule has 0 aromatic heterocycles. The highest BCUT2D eigenvalue weighted by Gasteiger charge is 2.16. The smallest absolute Gasteiger partial charge is 0.241 e. The summed E-state index contributed by atoms with van der Waals surface area (Å²) in [6.45, 7) is 0. The Kier molecular flexibility index (Phi) is 6.39. The van der Waals surface area contributed by atoms with Gasteiger partial charge in [-0.2, -0.15) is 11.8 Å². The number of thioether (sulfide) groups is 1. The molecule has 0 unspecified atom stereocenters. The lowest BCUT2D eigenvalue weighted by molar-refractivity contribution is -0.117. The summed E-state index contributed by atoms with van der Waals surface area (Å²) in [5, 5.41) is 2.84. The van der Waals surface area contributed by atoms with Crippen molar-refractivity contribution in [1.82, 2.24) is 0 Å². The largest absolute Gasteiger partial charge is 0.490 e. The highest BCUT2D eigenvalue weighted by Crippen LogP contribution is 2.25. The molecule has 5 heteroatoms. The van der Waals surface area contributed by atoms with Crippen LogP contribution in [0.25, 0.3) is 0 Å². The van der Waals surface area contributed by atoms with Crippen LogP contribution in [0, 0.1) is 0 Å². The van der Waals surface area contributed by atoms with E-state index >= 15 is 0 Å². The first-order valence-corrected chi connectivity index (χ1v) is 8.90. The van der Waals surface area contributed by atoms with E-state index in [4.69, 9.17) is 10.5 Å². The van der Waals surface area contributed by atoms with E-state index < -0.39 is 6.04 Å². The van der Waals surface area contributed by atoms with E-state index in [9.17, 15) is 4.79 Å². The first-order chi connectivity index (χ1) is 10.2. The Bertz CT molecular complexity index is 444. The van der Waals surface area contributed by atoms with E-state index in [1.165, 1.54) is 12.8 Å². The van der Waals surface area contributed by atoms with Crippen LogP contribution in [0.15, 0.2) is 24.3 Å². The highest BCUT2D eigenvalue weighted by atomic mass is 32.2. The Balaban J connectivity index is 1.82. The zero-order chi connectivity index (χ0) is 15.1. The van der Waals surface area contributed by atoms with Crippen LogP contribution in [0.4, 0.5) is 5.69 Å². The van der Waals surface area contributed by atoms with E-state index in [0.717, 1.165) is 30.0 Å². The molecular formula is C16H24N2O2S. The van der Waals surface area contributed by atoms with E-state index in [0.29, 0.717) is 12.5 Å². The summed E-state index contributed by atoms with van der Waals surface area (Å²) in [5.74, 6) is 1.63. The molecule has 0 aliphatic heterocycles. The lowest BCUT2D eigenvalue weighted by atomic mass is 10.2. The number of amides is 1. The number of nitrogens with two attached hydrogens (primary N) is 1. The van der Waals surface area contributed by atoms with Gasteiger partial charge >= 0.3 is 0 Å². The molecule has 1 saturated carbocycles. The number of rotatable bonds is 7. The first kappa shape index (κ1) is 16.2. The average Bonchev–Trinajstić information content (AvgIpc) is 2.99. The fourth-order valence-electron chi connectivity index (χ4n) is 2.43. The molecule has 116 valence electrons. The summed E-state index contributed by atoms with van der Waals surface area (Å²) in [5.41, 5.74) is 6.60. The molecule has 1 amide bonds. The number of benzene rings is 1. The molecule has 1 aliphatic rings. The molecule has 1 aromatic rings. The molecule has 0 radical (unpaired) electrons. The molecule has 2 rings (SSSR count). The summed E-state index contributed by atoms with van der Waals surface area (Å²) >= 11 is 1.69. The maximum Gasteiger partial charge on any atom is 0.241 e. The minimum atomic E-state index is -0.452. The van der Waals surface area contributed by atoms with Crippen LogP contribution >= 0.6 is 11.8 Å². The van der Waals surface area contributed by atoms with Crippen molar-refractivity contribution < 1.29 is 9.53 Å². The molecule has 21 heavy (non-hydrogen) atoms. The number of hydrogen-bond acceptors (Lipinski definition) is 4. The van der Waals surface area contributed by atoms with Gasteiger partial charge < -0.3 is 15.8 Å².